The normalized spacial score (nSPS) is 11.2. The number of amides is 2. The SMILES string of the molecule is COCC(=O)Nc1cccc(NC(=O)c2cc(-c3cc(C)sc3C)nc3c2cnn3C(C)C)c1. The zero-order chi connectivity index (χ0) is 24.4. The molecule has 0 atom stereocenters. The van der Waals surface area contributed by atoms with Gasteiger partial charge >= 0.3 is 0 Å². The number of aromatic nitrogens is 3. The zero-order valence-electron chi connectivity index (χ0n) is 19.8. The second-order valence-electron chi connectivity index (χ2n) is 8.32. The Hall–Kier alpha value is -3.56. The number of ether oxygens (including phenoxy) is 1. The second-order valence-corrected chi connectivity index (χ2v) is 9.78. The predicted molar refractivity (Wildman–Crippen MR) is 136 cm³/mol. The fourth-order valence-corrected chi connectivity index (χ4v) is 4.74. The van der Waals surface area contributed by atoms with Crippen molar-refractivity contribution in [3.05, 3.63) is 57.9 Å². The molecule has 0 saturated carbocycles. The Kier molecular flexibility index (Phi) is 6.76. The number of anilines is 2. The van der Waals surface area contributed by atoms with Gasteiger partial charge in [0.2, 0.25) is 5.91 Å². The summed E-state index contributed by atoms with van der Waals surface area (Å²) in [5, 5.41) is 10.9. The van der Waals surface area contributed by atoms with Crippen molar-refractivity contribution >= 4 is 45.6 Å². The first-order valence-corrected chi connectivity index (χ1v) is 11.7. The number of carbonyl (C=O) groups excluding carboxylic acids is 2. The molecule has 2 amide bonds. The topological polar surface area (TPSA) is 98.1 Å². The lowest BCUT2D eigenvalue weighted by atomic mass is 10.1. The minimum atomic E-state index is -0.276. The van der Waals surface area contributed by atoms with Crippen molar-refractivity contribution in [2.45, 2.75) is 33.7 Å². The van der Waals surface area contributed by atoms with Gasteiger partial charge in [0.25, 0.3) is 5.91 Å². The molecule has 0 bridgehead atoms. The van der Waals surface area contributed by atoms with Crippen LogP contribution >= 0.6 is 11.3 Å². The van der Waals surface area contributed by atoms with Crippen molar-refractivity contribution in [2.24, 2.45) is 0 Å². The molecule has 0 aliphatic heterocycles. The van der Waals surface area contributed by atoms with Crippen LogP contribution in [0.5, 0.6) is 0 Å². The maximum absolute atomic E-state index is 13.4. The minimum Gasteiger partial charge on any atom is -0.375 e. The van der Waals surface area contributed by atoms with Crippen LogP contribution in [0, 0.1) is 13.8 Å². The van der Waals surface area contributed by atoms with Gasteiger partial charge in [0.05, 0.1) is 22.8 Å². The number of pyridine rings is 1. The van der Waals surface area contributed by atoms with Gasteiger partial charge in [0.15, 0.2) is 5.65 Å². The molecule has 0 aliphatic carbocycles. The molecule has 176 valence electrons. The molecule has 8 nitrogen and oxygen atoms in total. The Balaban J connectivity index is 1.73. The van der Waals surface area contributed by atoms with Crippen molar-refractivity contribution < 1.29 is 14.3 Å². The standard InChI is InChI=1S/C25H27N5O3S/c1-14(2)30-24-21(12-26-30)20(11-22(29-24)19-9-15(3)34-16(19)4)25(32)28-18-8-6-7-17(10-18)27-23(31)13-33-5/h6-12,14H,13H2,1-5H3,(H,27,31)(H,28,32). The van der Waals surface area contributed by atoms with Gasteiger partial charge in [-0.15, -0.1) is 11.3 Å². The average Bonchev–Trinajstić information content (AvgIpc) is 3.35. The fraction of sp³-hybridized carbons (Fsp3) is 0.280. The smallest absolute Gasteiger partial charge is 0.256 e. The van der Waals surface area contributed by atoms with E-state index in [0.717, 1.165) is 16.1 Å². The molecule has 0 aliphatic rings. The predicted octanol–water partition coefficient (Wildman–Crippen LogP) is 5.19. The molecular formula is C25H27N5O3S. The van der Waals surface area contributed by atoms with E-state index < -0.39 is 0 Å². The summed E-state index contributed by atoms with van der Waals surface area (Å²) >= 11 is 1.70. The molecule has 3 aromatic heterocycles. The summed E-state index contributed by atoms with van der Waals surface area (Å²) in [6.07, 6.45) is 1.69. The van der Waals surface area contributed by atoms with Crippen LogP contribution in [0.15, 0.2) is 42.6 Å². The van der Waals surface area contributed by atoms with E-state index in [1.54, 1.807) is 41.8 Å². The first kappa shape index (κ1) is 23.6. The third-order valence-corrected chi connectivity index (χ3v) is 6.26. The molecule has 4 aromatic rings. The number of benzene rings is 1. The highest BCUT2D eigenvalue weighted by Gasteiger charge is 2.20. The van der Waals surface area contributed by atoms with E-state index >= 15 is 0 Å². The summed E-state index contributed by atoms with van der Waals surface area (Å²) in [5.74, 6) is -0.545. The molecule has 0 radical (unpaired) electrons. The summed E-state index contributed by atoms with van der Waals surface area (Å²) in [6, 6.07) is 11.0. The largest absolute Gasteiger partial charge is 0.375 e. The average molecular weight is 478 g/mol. The monoisotopic (exact) mass is 477 g/mol. The maximum atomic E-state index is 13.4. The Labute approximate surface area is 202 Å². The van der Waals surface area contributed by atoms with Gasteiger partial charge in [-0.2, -0.15) is 5.10 Å². The van der Waals surface area contributed by atoms with Gasteiger partial charge in [0.1, 0.15) is 6.61 Å². The minimum absolute atomic E-state index is 0.0460. The van der Waals surface area contributed by atoms with Crippen molar-refractivity contribution in [1.82, 2.24) is 14.8 Å². The van der Waals surface area contributed by atoms with Gasteiger partial charge < -0.3 is 15.4 Å². The van der Waals surface area contributed by atoms with Crippen LogP contribution in [-0.4, -0.2) is 40.3 Å². The van der Waals surface area contributed by atoms with E-state index in [-0.39, 0.29) is 24.5 Å². The summed E-state index contributed by atoms with van der Waals surface area (Å²) in [4.78, 5) is 32.5. The highest BCUT2D eigenvalue weighted by Crippen LogP contribution is 2.33. The van der Waals surface area contributed by atoms with E-state index in [9.17, 15) is 9.59 Å². The van der Waals surface area contributed by atoms with Gasteiger partial charge in [-0.1, -0.05) is 6.07 Å². The molecular weight excluding hydrogens is 450 g/mol. The van der Waals surface area contributed by atoms with Gasteiger partial charge in [-0.05, 0) is 58.0 Å². The van der Waals surface area contributed by atoms with Crippen molar-refractivity contribution in [2.75, 3.05) is 24.4 Å². The lowest BCUT2D eigenvalue weighted by molar-refractivity contribution is -0.119. The highest BCUT2D eigenvalue weighted by molar-refractivity contribution is 7.12. The molecule has 0 fully saturated rings. The number of carbonyl (C=O) groups is 2. The van der Waals surface area contributed by atoms with Crippen molar-refractivity contribution in [3.63, 3.8) is 0 Å². The van der Waals surface area contributed by atoms with Crippen LogP contribution in [0.3, 0.4) is 0 Å². The quantitative estimate of drug-likeness (QED) is 0.381. The summed E-state index contributed by atoms with van der Waals surface area (Å²) in [7, 11) is 1.46. The number of nitrogens with one attached hydrogen (secondary N) is 2. The molecule has 2 N–H and O–H groups in total. The Morgan fingerprint density at radius 1 is 1.12 bits per heavy atom. The molecule has 3 heterocycles. The lowest BCUT2D eigenvalue weighted by Gasteiger charge is -2.12. The summed E-state index contributed by atoms with van der Waals surface area (Å²) in [6.45, 7) is 8.13. The van der Waals surface area contributed by atoms with Gasteiger partial charge in [-0.25, -0.2) is 9.67 Å². The third kappa shape index (κ3) is 4.85. The highest BCUT2D eigenvalue weighted by atomic mass is 32.1. The van der Waals surface area contributed by atoms with E-state index in [2.05, 4.69) is 35.6 Å². The number of rotatable bonds is 7. The zero-order valence-corrected chi connectivity index (χ0v) is 20.6. The van der Waals surface area contributed by atoms with Crippen LogP contribution in [0.1, 0.15) is 40.0 Å². The number of hydrogen-bond acceptors (Lipinski definition) is 6. The second kappa shape index (κ2) is 9.74. The van der Waals surface area contributed by atoms with Crippen LogP contribution in [-0.2, 0) is 9.53 Å². The summed E-state index contributed by atoms with van der Waals surface area (Å²) in [5.41, 5.74) is 4.04. The Morgan fingerprint density at radius 3 is 2.50 bits per heavy atom. The van der Waals surface area contributed by atoms with Gasteiger partial charge in [0, 0.05) is 39.8 Å². The van der Waals surface area contributed by atoms with E-state index in [4.69, 9.17) is 9.72 Å². The number of thiophene rings is 1. The van der Waals surface area contributed by atoms with Crippen LogP contribution in [0.4, 0.5) is 11.4 Å². The number of hydrogen-bond donors (Lipinski definition) is 2. The number of fused-ring (bicyclic) bond motifs is 1. The number of methoxy groups -OCH3 is 1. The summed E-state index contributed by atoms with van der Waals surface area (Å²) < 4.78 is 6.68. The maximum Gasteiger partial charge on any atom is 0.256 e. The molecule has 4 rings (SSSR count). The van der Waals surface area contributed by atoms with E-state index in [1.807, 2.05) is 24.6 Å². The molecule has 34 heavy (non-hydrogen) atoms. The van der Waals surface area contributed by atoms with E-state index in [1.165, 1.54) is 12.0 Å². The Bertz CT molecular complexity index is 1370. The van der Waals surface area contributed by atoms with Crippen molar-refractivity contribution in [3.8, 4) is 11.3 Å². The fourth-order valence-electron chi connectivity index (χ4n) is 3.81. The molecule has 1 aromatic carbocycles. The van der Waals surface area contributed by atoms with E-state index in [0.29, 0.717) is 28.0 Å². The first-order valence-electron chi connectivity index (χ1n) is 10.9. The molecule has 0 spiro atoms. The molecule has 9 heteroatoms. The van der Waals surface area contributed by atoms with Crippen molar-refractivity contribution in [1.29, 1.82) is 0 Å². The first-order chi connectivity index (χ1) is 16.3. The number of aryl methyl sites for hydroxylation is 2. The molecule has 0 unspecified atom stereocenters. The lowest BCUT2D eigenvalue weighted by Crippen LogP contribution is -2.17. The van der Waals surface area contributed by atoms with Gasteiger partial charge in [-0.3, -0.25) is 9.59 Å². The van der Waals surface area contributed by atoms with Crippen LogP contribution < -0.4 is 10.6 Å². The third-order valence-electron chi connectivity index (χ3n) is 5.30. The van der Waals surface area contributed by atoms with Crippen LogP contribution in [0.2, 0.25) is 0 Å². The van der Waals surface area contributed by atoms with Crippen LogP contribution in [0.25, 0.3) is 22.3 Å². The number of nitrogens with zero attached hydrogens (tertiary/aromatic N) is 3. The Morgan fingerprint density at radius 2 is 1.85 bits per heavy atom. The molecule has 0 saturated heterocycles.